The SMILES string of the molecule is CCOc1ccccc1CNC(=S)Nc1ccc(Cl)c(C(=O)OC)c1. The van der Waals surface area contributed by atoms with Crippen LogP contribution in [0, 0.1) is 0 Å². The minimum absolute atomic E-state index is 0.277. The molecule has 0 bridgehead atoms. The maximum atomic E-state index is 11.7. The summed E-state index contributed by atoms with van der Waals surface area (Å²) < 4.78 is 10.3. The predicted octanol–water partition coefficient (Wildman–Crippen LogP) is 4.01. The largest absolute Gasteiger partial charge is 0.494 e. The third-order valence-corrected chi connectivity index (χ3v) is 3.92. The van der Waals surface area contributed by atoms with E-state index in [1.54, 1.807) is 18.2 Å². The number of esters is 1. The number of halogens is 1. The van der Waals surface area contributed by atoms with Gasteiger partial charge in [-0.15, -0.1) is 0 Å². The van der Waals surface area contributed by atoms with Gasteiger partial charge in [-0.05, 0) is 43.4 Å². The van der Waals surface area contributed by atoms with Gasteiger partial charge in [0.1, 0.15) is 5.75 Å². The standard InChI is InChI=1S/C18H19ClN2O3S/c1-3-24-16-7-5-4-6-12(16)11-20-18(25)21-13-8-9-15(19)14(10-13)17(22)23-2/h4-10H,3,11H2,1-2H3,(H2,20,21,25). The molecule has 2 rings (SSSR count). The fourth-order valence-electron chi connectivity index (χ4n) is 2.17. The maximum absolute atomic E-state index is 11.7. The molecule has 0 heterocycles. The molecular weight excluding hydrogens is 360 g/mol. The van der Waals surface area contributed by atoms with Crippen LogP contribution in [0.5, 0.6) is 5.75 Å². The zero-order valence-electron chi connectivity index (χ0n) is 14.0. The first-order valence-corrected chi connectivity index (χ1v) is 8.47. The van der Waals surface area contributed by atoms with Crippen LogP contribution in [0.4, 0.5) is 5.69 Å². The second-order valence-electron chi connectivity index (χ2n) is 5.03. The maximum Gasteiger partial charge on any atom is 0.339 e. The van der Waals surface area contributed by atoms with E-state index in [1.165, 1.54) is 7.11 Å². The van der Waals surface area contributed by atoms with Crippen molar-refractivity contribution in [3.63, 3.8) is 0 Å². The summed E-state index contributed by atoms with van der Waals surface area (Å²) in [5.41, 5.74) is 1.92. The molecule has 0 saturated heterocycles. The minimum atomic E-state index is -0.502. The van der Waals surface area contributed by atoms with Crippen molar-refractivity contribution in [2.45, 2.75) is 13.5 Å². The number of carbonyl (C=O) groups excluding carboxylic acids is 1. The first-order valence-electron chi connectivity index (χ1n) is 7.68. The molecule has 0 unspecified atom stereocenters. The van der Waals surface area contributed by atoms with Crippen LogP contribution in [-0.4, -0.2) is 24.8 Å². The molecular formula is C18H19ClN2O3S. The van der Waals surface area contributed by atoms with E-state index < -0.39 is 5.97 Å². The molecule has 0 aliphatic rings. The van der Waals surface area contributed by atoms with Gasteiger partial charge in [0.05, 0.1) is 24.3 Å². The number of anilines is 1. The van der Waals surface area contributed by atoms with Crippen molar-refractivity contribution < 1.29 is 14.3 Å². The van der Waals surface area contributed by atoms with Crippen molar-refractivity contribution >= 4 is 40.6 Å². The highest BCUT2D eigenvalue weighted by atomic mass is 35.5. The summed E-state index contributed by atoms with van der Waals surface area (Å²) in [5, 5.41) is 6.88. The number of carbonyl (C=O) groups is 1. The summed E-state index contributed by atoms with van der Waals surface area (Å²) in [4.78, 5) is 11.7. The molecule has 25 heavy (non-hydrogen) atoms. The van der Waals surface area contributed by atoms with Crippen molar-refractivity contribution in [1.29, 1.82) is 0 Å². The highest BCUT2D eigenvalue weighted by molar-refractivity contribution is 7.80. The Hall–Kier alpha value is -2.31. The molecule has 0 spiro atoms. The Morgan fingerprint density at radius 1 is 1.24 bits per heavy atom. The summed E-state index contributed by atoms with van der Waals surface area (Å²) in [5.74, 6) is 0.318. The summed E-state index contributed by atoms with van der Waals surface area (Å²) in [7, 11) is 1.31. The molecule has 0 saturated carbocycles. The van der Waals surface area contributed by atoms with Gasteiger partial charge >= 0.3 is 5.97 Å². The highest BCUT2D eigenvalue weighted by Crippen LogP contribution is 2.21. The third-order valence-electron chi connectivity index (χ3n) is 3.34. The molecule has 0 aromatic heterocycles. The molecule has 0 amide bonds. The van der Waals surface area contributed by atoms with Crippen LogP contribution in [0.2, 0.25) is 5.02 Å². The second kappa shape index (κ2) is 9.25. The van der Waals surface area contributed by atoms with Crippen molar-refractivity contribution in [1.82, 2.24) is 5.32 Å². The number of para-hydroxylation sites is 1. The lowest BCUT2D eigenvalue weighted by Crippen LogP contribution is -2.28. The number of rotatable bonds is 6. The van der Waals surface area contributed by atoms with Crippen molar-refractivity contribution in [3.8, 4) is 5.75 Å². The quantitative estimate of drug-likeness (QED) is 0.585. The van der Waals surface area contributed by atoms with Crippen LogP contribution in [0.25, 0.3) is 0 Å². The molecule has 0 atom stereocenters. The molecule has 5 nitrogen and oxygen atoms in total. The summed E-state index contributed by atoms with van der Waals surface area (Å²) in [6.45, 7) is 3.05. The lowest BCUT2D eigenvalue weighted by Gasteiger charge is -2.14. The summed E-state index contributed by atoms with van der Waals surface area (Å²) in [6.07, 6.45) is 0. The molecule has 0 fully saturated rings. The molecule has 0 radical (unpaired) electrons. The number of benzene rings is 2. The van der Waals surface area contributed by atoms with Gasteiger partial charge in [0, 0.05) is 17.8 Å². The Bertz CT molecular complexity index is 768. The Morgan fingerprint density at radius 2 is 2.00 bits per heavy atom. The van der Waals surface area contributed by atoms with E-state index in [0.29, 0.717) is 29.0 Å². The highest BCUT2D eigenvalue weighted by Gasteiger charge is 2.12. The fraction of sp³-hybridized carbons (Fsp3) is 0.222. The van der Waals surface area contributed by atoms with Gasteiger partial charge < -0.3 is 20.1 Å². The Kier molecular flexibility index (Phi) is 7.03. The van der Waals surface area contributed by atoms with E-state index in [9.17, 15) is 4.79 Å². The lowest BCUT2D eigenvalue weighted by atomic mass is 10.2. The van der Waals surface area contributed by atoms with Crippen molar-refractivity contribution in [2.24, 2.45) is 0 Å². The number of methoxy groups -OCH3 is 1. The Morgan fingerprint density at radius 3 is 2.72 bits per heavy atom. The van der Waals surface area contributed by atoms with Crippen LogP contribution < -0.4 is 15.4 Å². The molecule has 0 aliphatic carbocycles. The average Bonchev–Trinajstić information content (AvgIpc) is 2.62. The Balaban J connectivity index is 2.00. The van der Waals surface area contributed by atoms with Crippen LogP contribution in [0.3, 0.4) is 0 Å². The number of hydrogen-bond donors (Lipinski definition) is 2. The molecule has 0 aliphatic heterocycles. The van der Waals surface area contributed by atoms with E-state index in [0.717, 1.165) is 11.3 Å². The van der Waals surface area contributed by atoms with E-state index in [4.69, 9.17) is 33.3 Å². The average molecular weight is 379 g/mol. The van der Waals surface area contributed by atoms with Gasteiger partial charge in [-0.3, -0.25) is 0 Å². The lowest BCUT2D eigenvalue weighted by molar-refractivity contribution is 0.0601. The molecule has 2 N–H and O–H groups in total. The van der Waals surface area contributed by atoms with Gasteiger partial charge in [-0.25, -0.2) is 4.79 Å². The molecule has 132 valence electrons. The molecule has 2 aromatic rings. The zero-order valence-corrected chi connectivity index (χ0v) is 15.5. The number of ether oxygens (including phenoxy) is 2. The van der Waals surface area contributed by atoms with E-state index in [2.05, 4.69) is 10.6 Å². The summed E-state index contributed by atoms with van der Waals surface area (Å²) >= 11 is 11.3. The van der Waals surface area contributed by atoms with Crippen molar-refractivity contribution in [2.75, 3.05) is 19.0 Å². The van der Waals surface area contributed by atoms with Gasteiger partial charge in [0.15, 0.2) is 5.11 Å². The number of thiocarbonyl (C=S) groups is 1. The van der Waals surface area contributed by atoms with Gasteiger partial charge in [0.25, 0.3) is 0 Å². The van der Waals surface area contributed by atoms with Crippen molar-refractivity contribution in [3.05, 3.63) is 58.6 Å². The van der Waals surface area contributed by atoms with Crippen LogP contribution >= 0.6 is 23.8 Å². The first kappa shape index (κ1) is 19.0. The second-order valence-corrected chi connectivity index (χ2v) is 5.85. The smallest absolute Gasteiger partial charge is 0.339 e. The Labute approximate surface area is 157 Å². The molecule has 7 heteroatoms. The zero-order chi connectivity index (χ0) is 18.2. The minimum Gasteiger partial charge on any atom is -0.494 e. The van der Waals surface area contributed by atoms with Gasteiger partial charge in [-0.1, -0.05) is 29.8 Å². The van der Waals surface area contributed by atoms with Gasteiger partial charge in [-0.2, -0.15) is 0 Å². The summed E-state index contributed by atoms with van der Waals surface area (Å²) in [6, 6.07) is 12.7. The van der Waals surface area contributed by atoms with Gasteiger partial charge in [0.2, 0.25) is 0 Å². The first-order chi connectivity index (χ1) is 12.0. The number of hydrogen-bond acceptors (Lipinski definition) is 4. The molecule has 2 aromatic carbocycles. The third kappa shape index (κ3) is 5.34. The normalized spacial score (nSPS) is 10.0. The van der Waals surface area contributed by atoms with Crippen LogP contribution in [0.15, 0.2) is 42.5 Å². The topological polar surface area (TPSA) is 59.6 Å². The van der Waals surface area contributed by atoms with Crippen LogP contribution in [0.1, 0.15) is 22.8 Å². The van der Waals surface area contributed by atoms with E-state index in [-0.39, 0.29) is 5.56 Å². The van der Waals surface area contributed by atoms with E-state index in [1.807, 2.05) is 31.2 Å². The van der Waals surface area contributed by atoms with E-state index >= 15 is 0 Å². The fourth-order valence-corrected chi connectivity index (χ4v) is 2.55. The number of nitrogens with one attached hydrogen (secondary N) is 2. The van der Waals surface area contributed by atoms with Crippen LogP contribution in [-0.2, 0) is 11.3 Å². The predicted molar refractivity (Wildman–Crippen MR) is 103 cm³/mol. The monoisotopic (exact) mass is 378 g/mol.